The highest BCUT2D eigenvalue weighted by Crippen LogP contribution is 2.12. The molecular formula is C11H22N2O2. The van der Waals surface area contributed by atoms with Crippen molar-refractivity contribution in [1.82, 2.24) is 10.6 Å². The Bertz CT molecular complexity index is 189. The molecule has 1 rings (SSSR count). The second-order valence-electron chi connectivity index (χ2n) is 4.40. The molecule has 0 aliphatic carbocycles. The minimum absolute atomic E-state index is 0.0928. The van der Waals surface area contributed by atoms with Gasteiger partial charge in [-0.1, -0.05) is 13.8 Å². The molecule has 4 heteroatoms. The molecule has 1 heterocycles. The molecule has 0 radical (unpaired) electrons. The Balaban J connectivity index is 2.05. The fraction of sp³-hybridized carbons (Fsp3) is 0.909. The molecule has 0 atom stereocenters. The van der Waals surface area contributed by atoms with E-state index in [9.17, 15) is 4.79 Å². The first-order chi connectivity index (χ1) is 7.18. The van der Waals surface area contributed by atoms with E-state index in [0.717, 1.165) is 32.6 Å². The van der Waals surface area contributed by atoms with Gasteiger partial charge >= 0.3 is 0 Å². The van der Waals surface area contributed by atoms with Gasteiger partial charge in [-0.3, -0.25) is 4.79 Å². The maximum atomic E-state index is 11.4. The summed E-state index contributed by atoms with van der Waals surface area (Å²) in [6, 6.07) is 0.360. The first-order valence-electron chi connectivity index (χ1n) is 5.76. The number of nitrogens with one attached hydrogen (secondary N) is 2. The lowest BCUT2D eigenvalue weighted by Crippen LogP contribution is -2.39. The van der Waals surface area contributed by atoms with E-state index in [1.54, 1.807) is 0 Å². The number of hydrogen-bond donors (Lipinski definition) is 2. The van der Waals surface area contributed by atoms with Crippen LogP contribution in [0, 0.1) is 5.92 Å². The van der Waals surface area contributed by atoms with E-state index >= 15 is 0 Å². The predicted molar refractivity (Wildman–Crippen MR) is 59.7 cm³/mol. The monoisotopic (exact) mass is 214 g/mol. The molecule has 0 unspecified atom stereocenters. The van der Waals surface area contributed by atoms with Gasteiger partial charge in [-0.2, -0.15) is 0 Å². The van der Waals surface area contributed by atoms with E-state index < -0.39 is 0 Å². The average Bonchev–Trinajstić information content (AvgIpc) is 2.25. The van der Waals surface area contributed by atoms with Crippen molar-refractivity contribution in [3.8, 4) is 0 Å². The van der Waals surface area contributed by atoms with Crippen LogP contribution < -0.4 is 10.6 Å². The molecule has 1 fully saturated rings. The summed E-state index contributed by atoms with van der Waals surface area (Å²) in [5.41, 5.74) is 0. The van der Waals surface area contributed by atoms with Gasteiger partial charge < -0.3 is 15.4 Å². The molecule has 0 spiro atoms. The third kappa shape index (κ3) is 5.74. The molecule has 1 aliphatic heterocycles. The summed E-state index contributed by atoms with van der Waals surface area (Å²) in [6.45, 7) is 6.95. The minimum Gasteiger partial charge on any atom is -0.381 e. The Morgan fingerprint density at radius 1 is 1.40 bits per heavy atom. The van der Waals surface area contributed by atoms with Crippen molar-refractivity contribution < 1.29 is 9.53 Å². The lowest BCUT2D eigenvalue weighted by molar-refractivity contribution is -0.120. The molecule has 0 aromatic rings. The molecule has 0 aromatic carbocycles. The van der Waals surface area contributed by atoms with Crippen LogP contribution in [0.15, 0.2) is 0 Å². The summed E-state index contributed by atoms with van der Waals surface area (Å²) in [5.74, 6) is 0.692. The third-order valence-corrected chi connectivity index (χ3v) is 2.60. The Hall–Kier alpha value is -0.610. The highest BCUT2D eigenvalue weighted by molar-refractivity contribution is 5.77. The Labute approximate surface area is 91.8 Å². The zero-order valence-corrected chi connectivity index (χ0v) is 9.71. The Morgan fingerprint density at radius 3 is 2.67 bits per heavy atom. The zero-order chi connectivity index (χ0) is 11.1. The van der Waals surface area contributed by atoms with Crippen molar-refractivity contribution >= 4 is 5.91 Å². The summed E-state index contributed by atoms with van der Waals surface area (Å²) < 4.78 is 5.26. The molecule has 1 aliphatic rings. The van der Waals surface area contributed by atoms with Crippen molar-refractivity contribution in [3.63, 3.8) is 0 Å². The van der Waals surface area contributed by atoms with Crippen LogP contribution >= 0.6 is 0 Å². The summed E-state index contributed by atoms with van der Waals surface area (Å²) >= 11 is 0. The smallest absolute Gasteiger partial charge is 0.233 e. The first kappa shape index (κ1) is 12.5. The largest absolute Gasteiger partial charge is 0.381 e. The number of carbonyl (C=O) groups excluding carboxylic acids is 1. The predicted octanol–water partition coefficient (Wildman–Crippen LogP) is 0.527. The van der Waals surface area contributed by atoms with E-state index in [-0.39, 0.29) is 5.91 Å². The maximum absolute atomic E-state index is 11.4. The average molecular weight is 214 g/mol. The fourth-order valence-electron chi connectivity index (χ4n) is 1.57. The standard InChI is InChI=1S/C11H22N2O2/c1-9(2)12-8-11(14)13-7-10-3-5-15-6-4-10/h9-10,12H,3-8H2,1-2H3,(H,13,14). The van der Waals surface area contributed by atoms with Gasteiger partial charge in [-0.25, -0.2) is 0 Å². The quantitative estimate of drug-likeness (QED) is 0.702. The van der Waals surface area contributed by atoms with Crippen molar-refractivity contribution in [2.24, 2.45) is 5.92 Å². The van der Waals surface area contributed by atoms with Gasteiger partial charge in [-0.15, -0.1) is 0 Å². The molecule has 4 nitrogen and oxygen atoms in total. The normalized spacial score (nSPS) is 18.1. The molecule has 15 heavy (non-hydrogen) atoms. The van der Waals surface area contributed by atoms with Gasteiger partial charge in [0.1, 0.15) is 0 Å². The van der Waals surface area contributed by atoms with E-state index in [1.165, 1.54) is 0 Å². The molecule has 1 amide bonds. The molecule has 2 N–H and O–H groups in total. The van der Waals surface area contributed by atoms with Crippen LogP contribution in [-0.4, -0.2) is 38.3 Å². The molecule has 1 saturated heterocycles. The van der Waals surface area contributed by atoms with Crippen LogP contribution in [0.25, 0.3) is 0 Å². The van der Waals surface area contributed by atoms with Gasteiger partial charge in [0, 0.05) is 25.8 Å². The van der Waals surface area contributed by atoms with Gasteiger partial charge in [0.25, 0.3) is 0 Å². The van der Waals surface area contributed by atoms with Gasteiger partial charge in [-0.05, 0) is 18.8 Å². The van der Waals surface area contributed by atoms with Crippen LogP contribution in [0.4, 0.5) is 0 Å². The number of amides is 1. The lowest BCUT2D eigenvalue weighted by Gasteiger charge is -2.22. The van der Waals surface area contributed by atoms with Crippen molar-refractivity contribution in [3.05, 3.63) is 0 Å². The van der Waals surface area contributed by atoms with E-state index in [4.69, 9.17) is 4.74 Å². The van der Waals surface area contributed by atoms with Gasteiger partial charge in [0.15, 0.2) is 0 Å². The SMILES string of the molecule is CC(C)NCC(=O)NCC1CCOCC1. The number of ether oxygens (including phenoxy) is 1. The molecule has 0 bridgehead atoms. The Morgan fingerprint density at radius 2 is 2.07 bits per heavy atom. The number of carbonyl (C=O) groups is 1. The van der Waals surface area contributed by atoms with Crippen LogP contribution in [-0.2, 0) is 9.53 Å². The second kappa shape index (κ2) is 6.80. The molecule has 0 saturated carbocycles. The van der Waals surface area contributed by atoms with Gasteiger partial charge in [0.05, 0.1) is 6.54 Å². The van der Waals surface area contributed by atoms with E-state index in [2.05, 4.69) is 10.6 Å². The molecular weight excluding hydrogens is 192 g/mol. The first-order valence-corrected chi connectivity index (χ1v) is 5.76. The highest BCUT2D eigenvalue weighted by Gasteiger charge is 2.14. The van der Waals surface area contributed by atoms with E-state index in [1.807, 2.05) is 13.8 Å². The minimum atomic E-state index is 0.0928. The summed E-state index contributed by atoms with van der Waals surface area (Å²) in [5, 5.41) is 6.05. The summed E-state index contributed by atoms with van der Waals surface area (Å²) in [6.07, 6.45) is 2.13. The Kier molecular flexibility index (Phi) is 5.65. The third-order valence-electron chi connectivity index (χ3n) is 2.60. The van der Waals surface area contributed by atoms with Crippen LogP contribution in [0.5, 0.6) is 0 Å². The molecule has 0 aromatic heterocycles. The van der Waals surface area contributed by atoms with Crippen molar-refractivity contribution in [1.29, 1.82) is 0 Å². The number of hydrogen-bond acceptors (Lipinski definition) is 3. The van der Waals surface area contributed by atoms with Crippen molar-refractivity contribution in [2.45, 2.75) is 32.7 Å². The topological polar surface area (TPSA) is 50.4 Å². The van der Waals surface area contributed by atoms with Crippen LogP contribution in [0.1, 0.15) is 26.7 Å². The van der Waals surface area contributed by atoms with E-state index in [0.29, 0.717) is 18.5 Å². The number of rotatable bonds is 5. The second-order valence-corrected chi connectivity index (χ2v) is 4.40. The highest BCUT2D eigenvalue weighted by atomic mass is 16.5. The van der Waals surface area contributed by atoms with Crippen LogP contribution in [0.2, 0.25) is 0 Å². The lowest BCUT2D eigenvalue weighted by atomic mass is 10.0. The molecule has 88 valence electrons. The fourth-order valence-corrected chi connectivity index (χ4v) is 1.57. The maximum Gasteiger partial charge on any atom is 0.233 e. The van der Waals surface area contributed by atoms with Crippen molar-refractivity contribution in [2.75, 3.05) is 26.3 Å². The summed E-state index contributed by atoms with van der Waals surface area (Å²) in [7, 11) is 0. The van der Waals surface area contributed by atoms with Crippen LogP contribution in [0.3, 0.4) is 0 Å². The summed E-state index contributed by atoms with van der Waals surface area (Å²) in [4.78, 5) is 11.4. The van der Waals surface area contributed by atoms with Gasteiger partial charge in [0.2, 0.25) is 5.91 Å². The zero-order valence-electron chi connectivity index (χ0n) is 9.71.